The lowest BCUT2D eigenvalue weighted by atomic mass is 10.1. The minimum absolute atomic E-state index is 0.188. The summed E-state index contributed by atoms with van der Waals surface area (Å²) >= 11 is 1.54. The molecule has 0 aliphatic carbocycles. The molecule has 2 rings (SSSR count). The molecule has 0 fully saturated rings. The predicted molar refractivity (Wildman–Crippen MR) is 83.9 cm³/mol. The molecule has 0 aliphatic heterocycles. The predicted octanol–water partition coefficient (Wildman–Crippen LogP) is 2.56. The first kappa shape index (κ1) is 17.1. The lowest BCUT2D eigenvalue weighted by Crippen LogP contribution is -2.39. The number of hydrogen-bond acceptors (Lipinski definition) is 3. The van der Waals surface area contributed by atoms with Gasteiger partial charge in [-0.3, -0.25) is 9.59 Å². The van der Waals surface area contributed by atoms with Crippen molar-refractivity contribution in [3.05, 3.63) is 57.8 Å². The number of aryl methyl sites for hydroxylation is 1. The van der Waals surface area contributed by atoms with Crippen LogP contribution in [0.1, 0.15) is 22.9 Å². The average Bonchev–Trinajstić information content (AvgIpc) is 3.06. The van der Waals surface area contributed by atoms with Crippen molar-refractivity contribution in [2.45, 2.75) is 18.9 Å². The molecule has 4 nitrogen and oxygen atoms in total. The minimum atomic E-state index is -1.07. The van der Waals surface area contributed by atoms with Crippen molar-refractivity contribution in [2.75, 3.05) is 7.05 Å². The van der Waals surface area contributed by atoms with Crippen LogP contribution in [0.15, 0.2) is 35.7 Å². The highest BCUT2D eigenvalue weighted by Gasteiger charge is 2.22. The Labute approximate surface area is 136 Å². The molecule has 1 atom stereocenters. The van der Waals surface area contributed by atoms with Gasteiger partial charge in [-0.05, 0) is 35.6 Å². The number of nitrogens with one attached hydrogen (secondary N) is 2. The molecular weight excluding hydrogens is 322 g/mol. The summed E-state index contributed by atoms with van der Waals surface area (Å²) in [5.41, 5.74) is 0.188. The standard InChI is InChI=1S/C16H16F2N2O2S/c1-19-16(22)15(10-4-6-12(17)13(18)9-10)20-14(21)7-5-11-3-2-8-23-11/h2-4,6,8-9,15H,5,7H2,1H3,(H,19,22)(H,20,21). The van der Waals surface area contributed by atoms with Crippen molar-refractivity contribution >= 4 is 23.2 Å². The van der Waals surface area contributed by atoms with E-state index in [9.17, 15) is 18.4 Å². The van der Waals surface area contributed by atoms with Gasteiger partial charge in [0.2, 0.25) is 11.8 Å². The molecule has 122 valence electrons. The molecule has 1 unspecified atom stereocenters. The molecule has 7 heteroatoms. The summed E-state index contributed by atoms with van der Waals surface area (Å²) in [4.78, 5) is 25.0. The van der Waals surface area contributed by atoms with E-state index in [4.69, 9.17) is 0 Å². The number of likely N-dealkylation sites (N-methyl/N-ethyl adjacent to an activating group) is 1. The number of hydrogen-bond donors (Lipinski definition) is 2. The van der Waals surface area contributed by atoms with Gasteiger partial charge in [-0.25, -0.2) is 8.78 Å². The number of carbonyl (C=O) groups is 2. The molecule has 23 heavy (non-hydrogen) atoms. The van der Waals surface area contributed by atoms with E-state index in [1.807, 2.05) is 17.5 Å². The minimum Gasteiger partial charge on any atom is -0.357 e. The number of benzene rings is 1. The van der Waals surface area contributed by atoms with Crippen LogP contribution in [0.25, 0.3) is 0 Å². The Balaban J connectivity index is 2.07. The Bertz CT molecular complexity index is 689. The molecule has 0 bridgehead atoms. The maximum Gasteiger partial charge on any atom is 0.246 e. The van der Waals surface area contributed by atoms with Gasteiger partial charge in [0.25, 0.3) is 0 Å². The fourth-order valence-corrected chi connectivity index (χ4v) is 2.77. The molecule has 1 heterocycles. The molecule has 0 aliphatic rings. The average molecular weight is 338 g/mol. The first-order valence-corrected chi connectivity index (χ1v) is 7.87. The largest absolute Gasteiger partial charge is 0.357 e. The molecule has 0 saturated heterocycles. The van der Waals surface area contributed by atoms with Gasteiger partial charge < -0.3 is 10.6 Å². The molecule has 2 aromatic rings. The molecule has 1 aromatic heterocycles. The molecule has 0 radical (unpaired) electrons. The van der Waals surface area contributed by atoms with Gasteiger partial charge >= 0.3 is 0 Å². The van der Waals surface area contributed by atoms with Crippen molar-refractivity contribution in [1.29, 1.82) is 0 Å². The summed E-state index contributed by atoms with van der Waals surface area (Å²) in [5, 5.41) is 6.88. The maximum absolute atomic E-state index is 13.4. The third kappa shape index (κ3) is 4.59. The maximum atomic E-state index is 13.4. The first-order valence-electron chi connectivity index (χ1n) is 6.99. The van der Waals surface area contributed by atoms with Crippen molar-refractivity contribution in [1.82, 2.24) is 10.6 Å². The van der Waals surface area contributed by atoms with Crippen LogP contribution < -0.4 is 10.6 Å². The van der Waals surface area contributed by atoms with E-state index in [0.29, 0.717) is 6.42 Å². The Hall–Kier alpha value is -2.28. The van der Waals surface area contributed by atoms with Gasteiger partial charge in [0.05, 0.1) is 0 Å². The number of amides is 2. The Morgan fingerprint density at radius 2 is 2.00 bits per heavy atom. The van der Waals surface area contributed by atoms with Crippen molar-refractivity contribution in [3.63, 3.8) is 0 Å². The first-order chi connectivity index (χ1) is 11.0. The topological polar surface area (TPSA) is 58.2 Å². The van der Waals surface area contributed by atoms with E-state index in [0.717, 1.165) is 17.0 Å². The third-order valence-electron chi connectivity index (χ3n) is 3.27. The lowest BCUT2D eigenvalue weighted by molar-refractivity contribution is -0.128. The monoisotopic (exact) mass is 338 g/mol. The Morgan fingerprint density at radius 3 is 2.61 bits per heavy atom. The zero-order valence-corrected chi connectivity index (χ0v) is 13.3. The quantitative estimate of drug-likeness (QED) is 0.850. The summed E-state index contributed by atoms with van der Waals surface area (Å²) in [6, 6.07) is 5.87. The summed E-state index contributed by atoms with van der Waals surface area (Å²) in [6.45, 7) is 0. The van der Waals surface area contributed by atoms with Gasteiger partial charge in [0, 0.05) is 18.3 Å². The van der Waals surface area contributed by atoms with Gasteiger partial charge in [0.15, 0.2) is 11.6 Å². The van der Waals surface area contributed by atoms with Crippen LogP contribution in [0.5, 0.6) is 0 Å². The highest BCUT2D eigenvalue weighted by Crippen LogP contribution is 2.17. The zero-order chi connectivity index (χ0) is 16.8. The van der Waals surface area contributed by atoms with Crippen molar-refractivity contribution in [2.24, 2.45) is 0 Å². The van der Waals surface area contributed by atoms with Gasteiger partial charge in [-0.1, -0.05) is 12.1 Å². The summed E-state index contributed by atoms with van der Waals surface area (Å²) in [6.07, 6.45) is 0.763. The molecule has 1 aromatic carbocycles. The summed E-state index contributed by atoms with van der Waals surface area (Å²) < 4.78 is 26.4. The fraction of sp³-hybridized carbons (Fsp3) is 0.250. The van der Waals surface area contributed by atoms with Crippen molar-refractivity contribution in [3.8, 4) is 0 Å². The third-order valence-corrected chi connectivity index (χ3v) is 4.21. The fourth-order valence-electron chi connectivity index (χ4n) is 2.06. The molecule has 2 N–H and O–H groups in total. The number of halogens is 2. The Kier molecular flexibility index (Phi) is 5.81. The molecule has 0 saturated carbocycles. The second-order valence-electron chi connectivity index (χ2n) is 4.87. The van der Waals surface area contributed by atoms with Crippen LogP contribution in [0.3, 0.4) is 0 Å². The molecular formula is C16H16F2N2O2S. The number of rotatable bonds is 6. The van der Waals surface area contributed by atoms with Crippen LogP contribution in [-0.2, 0) is 16.0 Å². The highest BCUT2D eigenvalue weighted by molar-refractivity contribution is 7.09. The van der Waals surface area contributed by atoms with Gasteiger partial charge in [-0.2, -0.15) is 0 Å². The summed E-state index contributed by atoms with van der Waals surface area (Å²) in [5.74, 6) is -2.91. The van der Waals surface area contributed by atoms with Gasteiger partial charge in [-0.15, -0.1) is 11.3 Å². The lowest BCUT2D eigenvalue weighted by Gasteiger charge is -2.18. The van der Waals surface area contributed by atoms with Crippen LogP contribution in [-0.4, -0.2) is 18.9 Å². The van der Waals surface area contributed by atoms with E-state index >= 15 is 0 Å². The van der Waals surface area contributed by atoms with E-state index in [-0.39, 0.29) is 17.9 Å². The summed E-state index contributed by atoms with van der Waals surface area (Å²) in [7, 11) is 1.41. The van der Waals surface area contributed by atoms with Crippen LogP contribution in [0.2, 0.25) is 0 Å². The molecule has 0 spiro atoms. The zero-order valence-electron chi connectivity index (χ0n) is 12.4. The van der Waals surface area contributed by atoms with E-state index < -0.39 is 23.6 Å². The van der Waals surface area contributed by atoms with E-state index in [2.05, 4.69) is 10.6 Å². The van der Waals surface area contributed by atoms with E-state index in [1.165, 1.54) is 13.1 Å². The van der Waals surface area contributed by atoms with Crippen LogP contribution in [0.4, 0.5) is 8.78 Å². The van der Waals surface area contributed by atoms with Crippen LogP contribution >= 0.6 is 11.3 Å². The molecule has 2 amide bonds. The SMILES string of the molecule is CNC(=O)C(NC(=O)CCc1cccs1)c1ccc(F)c(F)c1. The highest BCUT2D eigenvalue weighted by atomic mass is 32.1. The van der Waals surface area contributed by atoms with E-state index in [1.54, 1.807) is 11.3 Å². The second-order valence-corrected chi connectivity index (χ2v) is 5.90. The normalized spacial score (nSPS) is 11.8. The Morgan fingerprint density at radius 1 is 1.22 bits per heavy atom. The van der Waals surface area contributed by atoms with Crippen LogP contribution in [0, 0.1) is 11.6 Å². The second kappa shape index (κ2) is 7.82. The van der Waals surface area contributed by atoms with Gasteiger partial charge in [0.1, 0.15) is 6.04 Å². The van der Waals surface area contributed by atoms with Crippen molar-refractivity contribution < 1.29 is 18.4 Å². The number of carbonyl (C=O) groups excluding carboxylic acids is 2. The smallest absolute Gasteiger partial charge is 0.246 e. The number of thiophene rings is 1.